The highest BCUT2D eigenvalue weighted by molar-refractivity contribution is 7.10. The molecule has 4 heteroatoms. The van der Waals surface area contributed by atoms with Crippen LogP contribution in [0.4, 0.5) is 34.1 Å². The fourth-order valence-corrected chi connectivity index (χ4v) is 7.07. The monoisotopic (exact) mass is 676 g/mol. The molecule has 0 amide bonds. The van der Waals surface area contributed by atoms with Gasteiger partial charge in [0.25, 0.3) is 0 Å². The van der Waals surface area contributed by atoms with Crippen molar-refractivity contribution in [3.05, 3.63) is 129 Å². The van der Waals surface area contributed by atoms with Crippen LogP contribution in [0.2, 0.25) is 5.02 Å². The van der Waals surface area contributed by atoms with Gasteiger partial charge in [-0.15, -0.1) is 11.3 Å². The van der Waals surface area contributed by atoms with Crippen LogP contribution in [-0.2, 0) is 21.7 Å². The third-order valence-electron chi connectivity index (χ3n) is 8.94. The summed E-state index contributed by atoms with van der Waals surface area (Å²) in [6, 6.07) is 35.7. The van der Waals surface area contributed by atoms with Gasteiger partial charge < -0.3 is 9.80 Å². The molecule has 5 aromatic rings. The van der Waals surface area contributed by atoms with Crippen molar-refractivity contribution in [1.82, 2.24) is 0 Å². The molecule has 0 bridgehead atoms. The van der Waals surface area contributed by atoms with Crippen molar-refractivity contribution in [2.45, 2.75) is 105 Å². The predicted molar refractivity (Wildman–Crippen MR) is 213 cm³/mol. The summed E-state index contributed by atoms with van der Waals surface area (Å²) in [5.41, 5.74) is 10.6. The zero-order valence-electron chi connectivity index (χ0n) is 31.0. The molecule has 0 unspecified atom stereocenters. The predicted octanol–water partition coefficient (Wildman–Crippen LogP) is 14.5. The van der Waals surface area contributed by atoms with E-state index >= 15 is 0 Å². The molecule has 48 heavy (non-hydrogen) atoms. The SMILES string of the molecule is CC(C)(C)c1ccc(N(c2ccc(C(C)(C)C)cc2)c2cc(Cl)cc(N(c3ccc(C(C)(C)C)cc3)c3csc(C(C)(C)C)c3)c2)cc1. The first-order valence-corrected chi connectivity index (χ1v) is 18.3. The van der Waals surface area contributed by atoms with Gasteiger partial charge in [-0.05, 0) is 99.0 Å². The van der Waals surface area contributed by atoms with E-state index in [0.717, 1.165) is 34.1 Å². The first-order valence-electron chi connectivity index (χ1n) is 17.0. The molecule has 0 fully saturated rings. The fourth-order valence-electron chi connectivity index (χ4n) is 5.88. The Balaban J connectivity index is 1.70. The Morgan fingerprint density at radius 2 is 0.729 bits per heavy atom. The Hall–Kier alpha value is -3.53. The summed E-state index contributed by atoms with van der Waals surface area (Å²) in [6.07, 6.45) is 0. The van der Waals surface area contributed by atoms with Crippen LogP contribution in [0.25, 0.3) is 0 Å². The lowest BCUT2D eigenvalue weighted by Crippen LogP contribution is -2.15. The van der Waals surface area contributed by atoms with Crippen LogP contribution in [0.1, 0.15) is 105 Å². The standard InChI is InChI=1S/C44H53ClN2S/c1-41(2,3)30-13-19-34(20-14-30)46(35-21-15-31(16-22-35)42(4,5)6)37-25-33(45)26-38(27-37)47(39-28-40(48-29-39)44(10,11)12)36-23-17-32(18-24-36)43(7,8)9/h13-29H,1-12H3. The summed E-state index contributed by atoms with van der Waals surface area (Å²) in [5, 5.41) is 2.96. The summed E-state index contributed by atoms with van der Waals surface area (Å²) in [7, 11) is 0. The maximum absolute atomic E-state index is 7.07. The molecular weight excluding hydrogens is 624 g/mol. The summed E-state index contributed by atoms with van der Waals surface area (Å²) in [6.45, 7) is 27.1. The molecule has 0 radical (unpaired) electrons. The van der Waals surface area contributed by atoms with E-state index in [1.54, 1.807) is 0 Å². The Kier molecular flexibility index (Phi) is 9.74. The van der Waals surface area contributed by atoms with Crippen molar-refractivity contribution in [3.63, 3.8) is 0 Å². The average molecular weight is 677 g/mol. The number of hydrogen-bond acceptors (Lipinski definition) is 3. The van der Waals surface area contributed by atoms with Gasteiger partial charge in [-0.2, -0.15) is 0 Å². The number of nitrogens with zero attached hydrogens (tertiary/aromatic N) is 2. The molecule has 4 aromatic carbocycles. The zero-order valence-corrected chi connectivity index (χ0v) is 32.6. The molecule has 0 aliphatic carbocycles. The van der Waals surface area contributed by atoms with Crippen LogP contribution < -0.4 is 9.80 Å². The maximum Gasteiger partial charge on any atom is 0.0571 e. The fraction of sp³-hybridized carbons (Fsp3) is 0.364. The van der Waals surface area contributed by atoms with E-state index in [1.807, 2.05) is 11.3 Å². The van der Waals surface area contributed by atoms with Gasteiger partial charge in [-0.25, -0.2) is 0 Å². The van der Waals surface area contributed by atoms with Gasteiger partial charge in [-0.3, -0.25) is 0 Å². The van der Waals surface area contributed by atoms with Gasteiger partial charge in [0.05, 0.1) is 5.69 Å². The minimum atomic E-state index is 0.0550. The Morgan fingerprint density at radius 1 is 0.396 bits per heavy atom. The van der Waals surface area contributed by atoms with Crippen molar-refractivity contribution in [2.24, 2.45) is 0 Å². The molecule has 0 spiro atoms. The van der Waals surface area contributed by atoms with E-state index in [0.29, 0.717) is 5.02 Å². The van der Waals surface area contributed by atoms with Gasteiger partial charge in [-0.1, -0.05) is 131 Å². The van der Waals surface area contributed by atoms with E-state index < -0.39 is 0 Å². The molecule has 5 rings (SSSR count). The number of hydrogen-bond donors (Lipinski definition) is 0. The molecule has 0 N–H and O–H groups in total. The Labute approximate surface area is 299 Å². The molecule has 1 heterocycles. The normalized spacial score (nSPS) is 12.7. The molecule has 2 nitrogen and oxygen atoms in total. The molecular formula is C44H53ClN2S. The van der Waals surface area contributed by atoms with Gasteiger partial charge in [0, 0.05) is 43.7 Å². The van der Waals surface area contributed by atoms with Crippen molar-refractivity contribution < 1.29 is 0 Å². The number of halogens is 1. The van der Waals surface area contributed by atoms with E-state index in [9.17, 15) is 0 Å². The third-order valence-corrected chi connectivity index (χ3v) is 10.5. The van der Waals surface area contributed by atoms with Crippen molar-refractivity contribution in [2.75, 3.05) is 9.80 Å². The maximum atomic E-state index is 7.07. The molecule has 0 saturated heterocycles. The topological polar surface area (TPSA) is 6.48 Å². The summed E-state index contributed by atoms with van der Waals surface area (Å²) >= 11 is 8.88. The number of benzene rings is 4. The van der Waals surface area contributed by atoms with E-state index in [1.165, 1.54) is 21.6 Å². The molecule has 0 aliphatic rings. The lowest BCUT2D eigenvalue weighted by atomic mass is 9.86. The largest absolute Gasteiger partial charge is 0.310 e. The number of thiophene rings is 1. The van der Waals surface area contributed by atoms with E-state index in [2.05, 4.69) is 195 Å². The van der Waals surface area contributed by atoms with Crippen LogP contribution in [0.3, 0.4) is 0 Å². The quantitative estimate of drug-likeness (QED) is 0.177. The summed E-state index contributed by atoms with van der Waals surface area (Å²) in [5.74, 6) is 0. The second-order valence-corrected chi connectivity index (χ2v) is 18.5. The van der Waals surface area contributed by atoms with Crippen LogP contribution >= 0.6 is 22.9 Å². The number of rotatable bonds is 6. The lowest BCUT2D eigenvalue weighted by molar-refractivity contribution is 0.590. The molecule has 0 atom stereocenters. The molecule has 0 aliphatic heterocycles. The third kappa shape index (κ3) is 8.01. The average Bonchev–Trinajstić information content (AvgIpc) is 3.47. The van der Waals surface area contributed by atoms with Crippen molar-refractivity contribution in [3.8, 4) is 0 Å². The van der Waals surface area contributed by atoms with Crippen molar-refractivity contribution >= 4 is 57.1 Å². The minimum Gasteiger partial charge on any atom is -0.310 e. The highest BCUT2D eigenvalue weighted by Crippen LogP contribution is 2.45. The van der Waals surface area contributed by atoms with Gasteiger partial charge >= 0.3 is 0 Å². The van der Waals surface area contributed by atoms with Crippen molar-refractivity contribution in [1.29, 1.82) is 0 Å². The lowest BCUT2D eigenvalue weighted by Gasteiger charge is -2.30. The van der Waals surface area contributed by atoms with Gasteiger partial charge in [0.15, 0.2) is 0 Å². The number of anilines is 6. The Bertz CT molecular complexity index is 1780. The smallest absolute Gasteiger partial charge is 0.0571 e. The Morgan fingerprint density at radius 3 is 1.02 bits per heavy atom. The second kappa shape index (κ2) is 13.1. The van der Waals surface area contributed by atoms with Crippen LogP contribution in [0.5, 0.6) is 0 Å². The molecule has 0 saturated carbocycles. The van der Waals surface area contributed by atoms with Gasteiger partial charge in [0.1, 0.15) is 0 Å². The van der Waals surface area contributed by atoms with E-state index in [-0.39, 0.29) is 21.7 Å². The second-order valence-electron chi connectivity index (χ2n) is 17.1. The van der Waals surface area contributed by atoms with Crippen LogP contribution in [-0.4, -0.2) is 0 Å². The molecule has 1 aromatic heterocycles. The van der Waals surface area contributed by atoms with E-state index in [4.69, 9.17) is 11.6 Å². The first-order chi connectivity index (χ1) is 22.2. The van der Waals surface area contributed by atoms with Gasteiger partial charge in [0.2, 0.25) is 0 Å². The summed E-state index contributed by atoms with van der Waals surface area (Å²) in [4.78, 5) is 6.01. The zero-order chi connectivity index (χ0) is 35.2. The summed E-state index contributed by atoms with van der Waals surface area (Å²) < 4.78 is 0. The minimum absolute atomic E-state index is 0.0550. The molecule has 252 valence electrons. The van der Waals surface area contributed by atoms with Crippen LogP contribution in [0.15, 0.2) is 102 Å². The first kappa shape index (κ1) is 35.8. The highest BCUT2D eigenvalue weighted by atomic mass is 35.5. The van der Waals surface area contributed by atoms with Crippen LogP contribution in [0, 0.1) is 0 Å². The highest BCUT2D eigenvalue weighted by Gasteiger charge is 2.24.